The Labute approximate surface area is 132 Å². The van der Waals surface area contributed by atoms with Gasteiger partial charge in [-0.2, -0.15) is 0 Å². The van der Waals surface area contributed by atoms with Gasteiger partial charge in [-0.3, -0.25) is 0 Å². The second-order valence-corrected chi connectivity index (χ2v) is 5.92. The minimum absolute atomic E-state index is 0.760. The van der Waals surface area contributed by atoms with E-state index in [1.54, 1.807) is 11.8 Å². The number of thioether (sulfide) groups is 1. The third kappa shape index (κ3) is 2.63. The van der Waals surface area contributed by atoms with Crippen molar-refractivity contribution >= 4 is 22.8 Å². The molecule has 0 bridgehead atoms. The third-order valence-corrected chi connectivity index (χ3v) is 4.32. The van der Waals surface area contributed by atoms with Crippen molar-refractivity contribution in [2.45, 2.75) is 10.9 Å². The van der Waals surface area contributed by atoms with Crippen molar-refractivity contribution in [1.82, 2.24) is 19.9 Å². The van der Waals surface area contributed by atoms with Gasteiger partial charge in [-0.05, 0) is 17.7 Å². The molecule has 4 aromatic rings. The van der Waals surface area contributed by atoms with Crippen LogP contribution in [0.4, 0.5) is 0 Å². The van der Waals surface area contributed by atoms with Gasteiger partial charge in [-0.1, -0.05) is 54.2 Å². The Bertz CT molecular complexity index is 862. The first-order chi connectivity index (χ1) is 10.9. The lowest BCUT2D eigenvalue weighted by atomic mass is 10.2. The molecule has 0 saturated heterocycles. The Balaban J connectivity index is 1.49. The molecule has 2 aromatic carbocycles. The number of fused-ring (bicyclic) bond motifs is 1. The quantitative estimate of drug-likeness (QED) is 0.554. The fourth-order valence-corrected chi connectivity index (χ4v) is 3.07. The highest BCUT2D eigenvalue weighted by Gasteiger charge is 2.06. The minimum Gasteiger partial charge on any atom is -0.341 e. The summed E-state index contributed by atoms with van der Waals surface area (Å²) in [6.45, 7) is 0. The summed E-state index contributed by atoms with van der Waals surface area (Å²) in [6.07, 6.45) is 1.87. The molecule has 0 radical (unpaired) electrons. The van der Waals surface area contributed by atoms with Crippen LogP contribution < -0.4 is 0 Å². The van der Waals surface area contributed by atoms with Gasteiger partial charge in [0.25, 0.3) is 0 Å². The lowest BCUT2D eigenvalue weighted by Crippen LogP contribution is -1.84. The topological polar surface area (TPSA) is 57.4 Å². The van der Waals surface area contributed by atoms with Crippen LogP contribution in [0.1, 0.15) is 5.82 Å². The third-order valence-electron chi connectivity index (χ3n) is 3.42. The molecule has 0 saturated carbocycles. The fourth-order valence-electron chi connectivity index (χ4n) is 2.35. The molecule has 22 heavy (non-hydrogen) atoms. The molecule has 0 fully saturated rings. The standard InChI is InChI=1S/C17H14N4S/c1-2-6-12(7-3-1)15-10-18-17(21-15)22-11-16-19-13-8-4-5-9-14(13)20-16/h1-10H,11H2,(H,18,21)(H,19,20). The van der Waals surface area contributed by atoms with Crippen LogP contribution in [-0.4, -0.2) is 19.9 Å². The number of H-pyrrole nitrogens is 2. The number of aromatic nitrogens is 4. The van der Waals surface area contributed by atoms with Gasteiger partial charge in [-0.25, -0.2) is 9.97 Å². The number of nitrogens with one attached hydrogen (secondary N) is 2. The molecule has 0 atom stereocenters. The van der Waals surface area contributed by atoms with Crippen LogP contribution in [0.5, 0.6) is 0 Å². The summed E-state index contributed by atoms with van der Waals surface area (Å²) in [4.78, 5) is 15.7. The van der Waals surface area contributed by atoms with Crippen LogP contribution in [0.3, 0.4) is 0 Å². The van der Waals surface area contributed by atoms with Gasteiger partial charge in [0, 0.05) is 0 Å². The number of nitrogens with zero attached hydrogens (tertiary/aromatic N) is 2. The largest absolute Gasteiger partial charge is 0.341 e. The van der Waals surface area contributed by atoms with Gasteiger partial charge < -0.3 is 9.97 Å². The summed E-state index contributed by atoms with van der Waals surface area (Å²) in [7, 11) is 0. The molecular formula is C17H14N4S. The van der Waals surface area contributed by atoms with Crippen molar-refractivity contribution in [3.8, 4) is 11.3 Å². The smallest absolute Gasteiger partial charge is 0.166 e. The number of imidazole rings is 2. The zero-order chi connectivity index (χ0) is 14.8. The minimum atomic E-state index is 0.760. The van der Waals surface area contributed by atoms with Gasteiger partial charge in [0.05, 0.1) is 28.7 Å². The molecular weight excluding hydrogens is 292 g/mol. The number of rotatable bonds is 4. The van der Waals surface area contributed by atoms with Crippen LogP contribution in [-0.2, 0) is 5.75 Å². The number of para-hydroxylation sites is 2. The summed E-state index contributed by atoms with van der Waals surface area (Å²) in [5.74, 6) is 1.72. The second-order valence-electron chi connectivity index (χ2n) is 4.96. The Morgan fingerprint density at radius 3 is 2.59 bits per heavy atom. The van der Waals surface area contributed by atoms with Crippen molar-refractivity contribution in [2.75, 3.05) is 0 Å². The van der Waals surface area contributed by atoms with Gasteiger partial charge in [0.2, 0.25) is 0 Å². The van der Waals surface area contributed by atoms with E-state index in [1.165, 1.54) is 0 Å². The maximum atomic E-state index is 4.57. The molecule has 0 unspecified atom stereocenters. The lowest BCUT2D eigenvalue weighted by Gasteiger charge is -1.96. The molecule has 4 nitrogen and oxygen atoms in total. The average molecular weight is 306 g/mol. The first-order valence-electron chi connectivity index (χ1n) is 7.05. The monoisotopic (exact) mass is 306 g/mol. The molecule has 108 valence electrons. The van der Waals surface area contributed by atoms with Crippen LogP contribution in [0.25, 0.3) is 22.3 Å². The molecule has 4 rings (SSSR count). The molecule has 0 aliphatic heterocycles. The highest BCUT2D eigenvalue weighted by molar-refractivity contribution is 7.98. The molecule has 5 heteroatoms. The highest BCUT2D eigenvalue weighted by Crippen LogP contribution is 2.24. The van der Waals surface area contributed by atoms with Crippen LogP contribution >= 0.6 is 11.8 Å². The SMILES string of the molecule is c1ccc(-c2cnc(SCc3nc4ccccc4[nH]3)[nH]2)cc1. The zero-order valence-corrected chi connectivity index (χ0v) is 12.6. The van der Waals surface area contributed by atoms with E-state index in [0.717, 1.165) is 39.0 Å². The summed E-state index contributed by atoms with van der Waals surface area (Å²) in [6, 6.07) is 18.3. The molecule has 0 aliphatic rings. The summed E-state index contributed by atoms with van der Waals surface area (Å²) >= 11 is 1.64. The first-order valence-corrected chi connectivity index (χ1v) is 8.04. The van der Waals surface area contributed by atoms with E-state index in [0.29, 0.717) is 0 Å². The summed E-state index contributed by atoms with van der Waals surface area (Å²) < 4.78 is 0. The second kappa shape index (κ2) is 5.69. The zero-order valence-electron chi connectivity index (χ0n) is 11.8. The Kier molecular flexibility index (Phi) is 3.40. The normalized spacial score (nSPS) is 11.1. The fraction of sp³-hybridized carbons (Fsp3) is 0.0588. The molecule has 2 heterocycles. The first kappa shape index (κ1) is 13.2. The Morgan fingerprint density at radius 1 is 0.909 bits per heavy atom. The van der Waals surface area contributed by atoms with Crippen molar-refractivity contribution in [1.29, 1.82) is 0 Å². The summed E-state index contributed by atoms with van der Waals surface area (Å²) in [5.41, 5.74) is 4.25. The van der Waals surface area contributed by atoms with Crippen LogP contribution in [0, 0.1) is 0 Å². The predicted molar refractivity (Wildman–Crippen MR) is 89.7 cm³/mol. The van der Waals surface area contributed by atoms with Gasteiger partial charge in [0.15, 0.2) is 5.16 Å². The average Bonchev–Trinajstić information content (AvgIpc) is 3.20. The van der Waals surface area contributed by atoms with Crippen molar-refractivity contribution in [3.63, 3.8) is 0 Å². The highest BCUT2D eigenvalue weighted by atomic mass is 32.2. The lowest BCUT2D eigenvalue weighted by molar-refractivity contribution is 1.05. The van der Waals surface area contributed by atoms with Crippen LogP contribution in [0.15, 0.2) is 66.0 Å². The van der Waals surface area contributed by atoms with E-state index < -0.39 is 0 Å². The van der Waals surface area contributed by atoms with E-state index in [2.05, 4.69) is 32.1 Å². The Hall–Kier alpha value is -2.53. The van der Waals surface area contributed by atoms with Crippen molar-refractivity contribution in [2.24, 2.45) is 0 Å². The maximum absolute atomic E-state index is 4.57. The molecule has 2 aromatic heterocycles. The summed E-state index contributed by atoms with van der Waals surface area (Å²) in [5, 5.41) is 0.902. The van der Waals surface area contributed by atoms with Gasteiger partial charge in [0.1, 0.15) is 5.82 Å². The van der Waals surface area contributed by atoms with E-state index in [-0.39, 0.29) is 0 Å². The number of hydrogen-bond donors (Lipinski definition) is 2. The maximum Gasteiger partial charge on any atom is 0.166 e. The number of aromatic amines is 2. The van der Waals surface area contributed by atoms with E-state index >= 15 is 0 Å². The van der Waals surface area contributed by atoms with Gasteiger partial charge in [-0.15, -0.1) is 0 Å². The van der Waals surface area contributed by atoms with E-state index in [1.807, 2.05) is 48.7 Å². The van der Waals surface area contributed by atoms with Crippen LogP contribution in [0.2, 0.25) is 0 Å². The number of hydrogen-bond acceptors (Lipinski definition) is 3. The van der Waals surface area contributed by atoms with Crippen molar-refractivity contribution < 1.29 is 0 Å². The molecule has 0 spiro atoms. The molecule has 0 amide bonds. The molecule has 0 aliphatic carbocycles. The van der Waals surface area contributed by atoms with E-state index in [9.17, 15) is 0 Å². The Morgan fingerprint density at radius 2 is 1.73 bits per heavy atom. The number of benzene rings is 2. The van der Waals surface area contributed by atoms with Gasteiger partial charge >= 0.3 is 0 Å². The van der Waals surface area contributed by atoms with E-state index in [4.69, 9.17) is 0 Å². The van der Waals surface area contributed by atoms with Crippen molar-refractivity contribution in [3.05, 3.63) is 66.6 Å². The predicted octanol–water partition coefficient (Wildman–Crippen LogP) is 4.25. The molecule has 2 N–H and O–H groups in total.